The summed E-state index contributed by atoms with van der Waals surface area (Å²) in [6, 6.07) is 11.0. The van der Waals surface area contributed by atoms with Gasteiger partial charge in [0.25, 0.3) is 17.7 Å². The number of para-hydroxylation sites is 1. The number of carbonyl (C=O) groups excluding carboxylic acids is 3. The molecule has 3 amide bonds. The van der Waals surface area contributed by atoms with Gasteiger partial charge in [0, 0.05) is 4.90 Å². The van der Waals surface area contributed by atoms with Gasteiger partial charge in [0.1, 0.15) is 5.75 Å². The Labute approximate surface area is 148 Å². The van der Waals surface area contributed by atoms with E-state index < -0.39 is 17.7 Å². The zero-order valence-electron chi connectivity index (χ0n) is 13.5. The van der Waals surface area contributed by atoms with Crippen LogP contribution in [0.15, 0.2) is 47.4 Å². The fourth-order valence-corrected chi connectivity index (χ4v) is 3.46. The third kappa shape index (κ3) is 3.10. The molecule has 6 nitrogen and oxygen atoms in total. The van der Waals surface area contributed by atoms with Gasteiger partial charge < -0.3 is 5.11 Å². The van der Waals surface area contributed by atoms with Crippen LogP contribution in [-0.2, 0) is 0 Å². The van der Waals surface area contributed by atoms with Crippen LogP contribution < -0.4 is 5.43 Å². The number of rotatable bonds is 5. The largest absolute Gasteiger partial charge is 0.507 e. The van der Waals surface area contributed by atoms with Crippen LogP contribution in [0, 0.1) is 0 Å². The predicted molar refractivity (Wildman–Crippen MR) is 93.5 cm³/mol. The number of thioether (sulfide) groups is 1. The fraction of sp³-hybridized carbons (Fsp3) is 0.167. The molecule has 0 radical (unpaired) electrons. The van der Waals surface area contributed by atoms with E-state index >= 15 is 0 Å². The molecule has 128 valence electrons. The fourth-order valence-electron chi connectivity index (χ4n) is 2.52. The van der Waals surface area contributed by atoms with E-state index in [0.717, 1.165) is 17.1 Å². The van der Waals surface area contributed by atoms with Gasteiger partial charge in [0.05, 0.1) is 16.7 Å². The normalized spacial score (nSPS) is 13.1. The molecule has 0 unspecified atom stereocenters. The van der Waals surface area contributed by atoms with E-state index in [2.05, 4.69) is 5.43 Å². The van der Waals surface area contributed by atoms with Gasteiger partial charge in [0.15, 0.2) is 0 Å². The maximum Gasteiger partial charge on any atom is 0.281 e. The summed E-state index contributed by atoms with van der Waals surface area (Å²) in [4.78, 5) is 38.2. The molecule has 1 aliphatic heterocycles. The number of fused-ring (bicyclic) bond motifs is 1. The van der Waals surface area contributed by atoms with Gasteiger partial charge in [-0.2, -0.15) is 5.01 Å². The molecule has 0 saturated carbocycles. The Kier molecular flexibility index (Phi) is 4.76. The van der Waals surface area contributed by atoms with Crippen LogP contribution in [0.4, 0.5) is 0 Å². The summed E-state index contributed by atoms with van der Waals surface area (Å²) in [5.41, 5.74) is 2.85. The number of aromatic hydroxyl groups is 1. The molecule has 0 fully saturated rings. The van der Waals surface area contributed by atoms with Gasteiger partial charge >= 0.3 is 0 Å². The first kappa shape index (κ1) is 17.0. The smallest absolute Gasteiger partial charge is 0.281 e. The standard InChI is InChI=1S/C18H16N2O4S/c1-2-10-25-14-9-5-7-12-15(14)18(24)20(17(12)23)19-16(22)11-6-3-4-8-13(11)21/h3-9,21H,2,10H2,1H3,(H,19,22). The van der Waals surface area contributed by atoms with Gasteiger partial charge in [-0.1, -0.05) is 25.1 Å². The highest BCUT2D eigenvalue weighted by Crippen LogP contribution is 2.32. The second-order valence-corrected chi connectivity index (χ2v) is 6.57. The number of phenolic OH excluding ortho intramolecular Hbond substituents is 1. The van der Waals surface area contributed by atoms with Crippen molar-refractivity contribution >= 4 is 29.5 Å². The average molecular weight is 356 g/mol. The van der Waals surface area contributed by atoms with Crippen LogP contribution in [0.5, 0.6) is 5.75 Å². The van der Waals surface area contributed by atoms with E-state index in [9.17, 15) is 19.5 Å². The highest BCUT2D eigenvalue weighted by molar-refractivity contribution is 7.99. The molecule has 2 aromatic carbocycles. The number of nitrogens with one attached hydrogen (secondary N) is 1. The van der Waals surface area contributed by atoms with Crippen LogP contribution >= 0.6 is 11.8 Å². The summed E-state index contributed by atoms with van der Waals surface area (Å²) in [5.74, 6) is -1.28. The molecule has 1 heterocycles. The van der Waals surface area contributed by atoms with E-state index in [1.165, 1.54) is 23.9 Å². The van der Waals surface area contributed by atoms with E-state index in [4.69, 9.17) is 0 Å². The maximum absolute atomic E-state index is 12.7. The van der Waals surface area contributed by atoms with Crippen LogP contribution in [0.1, 0.15) is 44.4 Å². The van der Waals surface area contributed by atoms with Crippen molar-refractivity contribution in [2.45, 2.75) is 18.2 Å². The van der Waals surface area contributed by atoms with Crippen molar-refractivity contribution in [3.63, 3.8) is 0 Å². The number of phenols is 1. The molecule has 2 N–H and O–H groups in total. The Morgan fingerprint density at radius 3 is 2.60 bits per heavy atom. The van der Waals surface area contributed by atoms with Crippen molar-refractivity contribution in [2.75, 3.05) is 5.75 Å². The summed E-state index contributed by atoms with van der Waals surface area (Å²) < 4.78 is 0. The summed E-state index contributed by atoms with van der Waals surface area (Å²) in [6.45, 7) is 2.03. The van der Waals surface area contributed by atoms with E-state index in [-0.39, 0.29) is 16.9 Å². The summed E-state index contributed by atoms with van der Waals surface area (Å²) in [7, 11) is 0. The Bertz CT molecular complexity index is 866. The molecule has 0 aromatic heterocycles. The van der Waals surface area contributed by atoms with Crippen molar-refractivity contribution in [1.29, 1.82) is 0 Å². The quantitative estimate of drug-likeness (QED) is 0.635. The van der Waals surface area contributed by atoms with Crippen LogP contribution in [0.2, 0.25) is 0 Å². The number of nitrogens with zero attached hydrogens (tertiary/aromatic N) is 1. The van der Waals surface area contributed by atoms with E-state index in [1.807, 2.05) is 6.92 Å². The Morgan fingerprint density at radius 2 is 1.88 bits per heavy atom. The monoisotopic (exact) mass is 356 g/mol. The molecular weight excluding hydrogens is 340 g/mol. The first-order valence-corrected chi connectivity index (χ1v) is 8.76. The Hall–Kier alpha value is -2.80. The number of benzene rings is 2. The topological polar surface area (TPSA) is 86.7 Å². The molecular formula is C18H16N2O4S. The Balaban J connectivity index is 1.88. The Morgan fingerprint density at radius 1 is 1.12 bits per heavy atom. The minimum atomic E-state index is -0.727. The first-order chi connectivity index (χ1) is 12.0. The second-order valence-electron chi connectivity index (χ2n) is 5.43. The molecule has 25 heavy (non-hydrogen) atoms. The highest BCUT2D eigenvalue weighted by Gasteiger charge is 2.39. The predicted octanol–water partition coefficient (Wildman–Crippen LogP) is 2.84. The molecule has 0 aliphatic carbocycles. The molecule has 7 heteroatoms. The van der Waals surface area contributed by atoms with Crippen molar-refractivity contribution in [2.24, 2.45) is 0 Å². The van der Waals surface area contributed by atoms with Gasteiger partial charge in [-0.3, -0.25) is 19.8 Å². The van der Waals surface area contributed by atoms with Gasteiger partial charge in [-0.15, -0.1) is 11.8 Å². The zero-order chi connectivity index (χ0) is 18.0. The minimum Gasteiger partial charge on any atom is -0.507 e. The molecule has 2 aromatic rings. The molecule has 0 spiro atoms. The van der Waals surface area contributed by atoms with E-state index in [1.54, 1.807) is 30.3 Å². The molecule has 0 bridgehead atoms. The second kappa shape index (κ2) is 6.98. The molecule has 1 aliphatic rings. The first-order valence-electron chi connectivity index (χ1n) is 7.78. The number of hydrogen-bond donors (Lipinski definition) is 2. The molecule has 0 atom stereocenters. The third-order valence-corrected chi connectivity index (χ3v) is 4.96. The number of imide groups is 1. The third-order valence-electron chi connectivity index (χ3n) is 3.70. The van der Waals surface area contributed by atoms with Crippen molar-refractivity contribution < 1.29 is 19.5 Å². The summed E-state index contributed by atoms with van der Waals surface area (Å²) >= 11 is 1.50. The lowest BCUT2D eigenvalue weighted by Gasteiger charge is -2.15. The van der Waals surface area contributed by atoms with E-state index in [0.29, 0.717) is 10.6 Å². The lowest BCUT2D eigenvalue weighted by atomic mass is 10.1. The van der Waals surface area contributed by atoms with Crippen LogP contribution in [-0.4, -0.2) is 33.6 Å². The summed E-state index contributed by atoms with van der Waals surface area (Å²) in [5, 5.41) is 10.5. The molecule has 3 rings (SSSR count). The van der Waals surface area contributed by atoms with Crippen LogP contribution in [0.3, 0.4) is 0 Å². The van der Waals surface area contributed by atoms with Crippen molar-refractivity contribution in [1.82, 2.24) is 10.4 Å². The van der Waals surface area contributed by atoms with Gasteiger partial charge in [-0.25, -0.2) is 0 Å². The minimum absolute atomic E-state index is 0.0142. The van der Waals surface area contributed by atoms with Crippen molar-refractivity contribution in [3.05, 3.63) is 59.2 Å². The van der Waals surface area contributed by atoms with Gasteiger partial charge in [0.2, 0.25) is 0 Å². The molecule has 0 saturated heterocycles. The number of carbonyl (C=O) groups is 3. The summed E-state index contributed by atoms with van der Waals surface area (Å²) in [6.07, 6.45) is 0.935. The number of hydrogen-bond acceptors (Lipinski definition) is 5. The number of hydrazine groups is 1. The average Bonchev–Trinajstić information content (AvgIpc) is 2.85. The SMILES string of the molecule is CCCSc1cccc2c1C(=O)N(NC(=O)c1ccccc1O)C2=O. The highest BCUT2D eigenvalue weighted by atomic mass is 32.2. The maximum atomic E-state index is 12.7. The number of amides is 3. The van der Waals surface area contributed by atoms with Gasteiger partial charge in [-0.05, 0) is 36.4 Å². The lowest BCUT2D eigenvalue weighted by molar-refractivity contribution is 0.0516. The lowest BCUT2D eigenvalue weighted by Crippen LogP contribution is -2.45. The zero-order valence-corrected chi connectivity index (χ0v) is 14.3. The van der Waals surface area contributed by atoms with Crippen LogP contribution in [0.25, 0.3) is 0 Å². The van der Waals surface area contributed by atoms with Crippen molar-refractivity contribution in [3.8, 4) is 5.75 Å².